The Morgan fingerprint density at radius 1 is 1.47 bits per heavy atom. The minimum absolute atomic E-state index is 0.0176. The third-order valence-corrected chi connectivity index (χ3v) is 3.67. The van der Waals surface area contributed by atoms with Crippen LogP contribution < -0.4 is 10.6 Å². The molecule has 2 aliphatic rings. The quantitative estimate of drug-likeness (QED) is 0.894. The first-order chi connectivity index (χ1) is 9.22. The van der Waals surface area contributed by atoms with Gasteiger partial charge in [0.2, 0.25) is 5.91 Å². The highest BCUT2D eigenvalue weighted by Gasteiger charge is 2.20. The van der Waals surface area contributed by atoms with Crippen molar-refractivity contribution in [2.24, 2.45) is 0 Å². The van der Waals surface area contributed by atoms with E-state index < -0.39 is 0 Å². The maximum atomic E-state index is 11.3. The lowest BCUT2D eigenvalue weighted by Crippen LogP contribution is -2.23. The fraction of sp³-hybridized carbons (Fsp3) is 0.357. The number of hydrogen-bond acceptors (Lipinski definition) is 3. The topological polar surface area (TPSA) is 50.4 Å². The first-order valence-electron chi connectivity index (χ1n) is 6.39. The van der Waals surface area contributed by atoms with Gasteiger partial charge in [-0.25, -0.2) is 0 Å². The van der Waals surface area contributed by atoms with E-state index in [9.17, 15) is 4.79 Å². The number of benzene rings is 1. The number of amides is 1. The molecule has 5 heteroatoms. The standard InChI is InChI=1S/C14H15ClN2O2/c15-11-7-12-9(6-14(18)17-12)5-13(11)16-8-10-3-1-2-4-19-10/h2,4-5,7,10,16H,1,3,6,8H2,(H,17,18). The van der Waals surface area contributed by atoms with Crippen LogP contribution in [0.25, 0.3) is 0 Å². The minimum Gasteiger partial charge on any atom is -0.497 e. The summed E-state index contributed by atoms with van der Waals surface area (Å²) in [5.74, 6) is 0.0176. The number of ether oxygens (including phenoxy) is 1. The van der Waals surface area contributed by atoms with Crippen molar-refractivity contribution < 1.29 is 9.53 Å². The Morgan fingerprint density at radius 2 is 2.37 bits per heavy atom. The molecule has 2 N–H and O–H groups in total. The molecule has 0 saturated heterocycles. The Kier molecular flexibility index (Phi) is 3.34. The summed E-state index contributed by atoms with van der Waals surface area (Å²) >= 11 is 6.20. The van der Waals surface area contributed by atoms with Crippen molar-refractivity contribution in [1.29, 1.82) is 0 Å². The first kappa shape index (κ1) is 12.4. The van der Waals surface area contributed by atoms with Crippen LogP contribution >= 0.6 is 11.6 Å². The van der Waals surface area contributed by atoms with Gasteiger partial charge in [-0.2, -0.15) is 0 Å². The number of fused-ring (bicyclic) bond motifs is 1. The van der Waals surface area contributed by atoms with Crippen LogP contribution in [0.3, 0.4) is 0 Å². The smallest absolute Gasteiger partial charge is 0.228 e. The molecule has 1 atom stereocenters. The van der Waals surface area contributed by atoms with Gasteiger partial charge in [-0.1, -0.05) is 11.6 Å². The number of nitrogens with one attached hydrogen (secondary N) is 2. The van der Waals surface area contributed by atoms with Gasteiger partial charge in [-0.3, -0.25) is 4.79 Å². The Balaban J connectivity index is 1.69. The molecule has 1 unspecified atom stereocenters. The highest BCUT2D eigenvalue weighted by molar-refractivity contribution is 6.33. The average molecular weight is 279 g/mol. The van der Waals surface area contributed by atoms with E-state index >= 15 is 0 Å². The Labute approximate surface area is 116 Å². The van der Waals surface area contributed by atoms with Crippen molar-refractivity contribution in [3.63, 3.8) is 0 Å². The van der Waals surface area contributed by atoms with Crippen molar-refractivity contribution >= 4 is 28.9 Å². The molecule has 0 radical (unpaired) electrons. The van der Waals surface area contributed by atoms with Gasteiger partial charge in [0.1, 0.15) is 6.10 Å². The van der Waals surface area contributed by atoms with Crippen LogP contribution in [0.1, 0.15) is 18.4 Å². The summed E-state index contributed by atoms with van der Waals surface area (Å²) in [6.45, 7) is 0.713. The van der Waals surface area contributed by atoms with E-state index in [1.54, 1.807) is 12.3 Å². The molecule has 2 aliphatic heterocycles. The molecule has 0 aliphatic carbocycles. The zero-order valence-electron chi connectivity index (χ0n) is 10.4. The predicted molar refractivity (Wildman–Crippen MR) is 75.5 cm³/mol. The van der Waals surface area contributed by atoms with Crippen molar-refractivity contribution in [1.82, 2.24) is 0 Å². The lowest BCUT2D eigenvalue weighted by molar-refractivity contribution is -0.115. The molecule has 19 heavy (non-hydrogen) atoms. The van der Waals surface area contributed by atoms with Crippen LogP contribution in [-0.2, 0) is 16.0 Å². The summed E-state index contributed by atoms with van der Waals surface area (Å²) < 4.78 is 5.50. The summed E-state index contributed by atoms with van der Waals surface area (Å²) in [6.07, 6.45) is 6.42. The molecular weight excluding hydrogens is 264 g/mol. The second-order valence-electron chi connectivity index (χ2n) is 4.80. The summed E-state index contributed by atoms with van der Waals surface area (Å²) in [5, 5.41) is 6.70. The number of halogens is 1. The van der Waals surface area contributed by atoms with E-state index in [1.165, 1.54) is 0 Å². The van der Waals surface area contributed by atoms with E-state index in [4.69, 9.17) is 16.3 Å². The number of carbonyl (C=O) groups is 1. The Hall–Kier alpha value is -1.68. The van der Waals surface area contributed by atoms with E-state index in [-0.39, 0.29) is 12.0 Å². The Bertz CT molecular complexity index is 542. The summed E-state index contributed by atoms with van der Waals surface area (Å²) in [5.41, 5.74) is 2.66. The van der Waals surface area contributed by atoms with Gasteiger partial charge < -0.3 is 15.4 Å². The SMILES string of the molecule is O=C1Cc2cc(NCC3CCC=CO3)c(Cl)cc2N1. The number of anilines is 2. The molecule has 1 amide bonds. The molecule has 100 valence electrons. The molecule has 3 rings (SSSR count). The molecule has 0 aromatic heterocycles. The van der Waals surface area contributed by atoms with Crippen molar-refractivity contribution in [3.05, 3.63) is 35.1 Å². The highest BCUT2D eigenvalue weighted by atomic mass is 35.5. The van der Waals surface area contributed by atoms with Crippen LogP contribution in [-0.4, -0.2) is 18.6 Å². The zero-order chi connectivity index (χ0) is 13.2. The van der Waals surface area contributed by atoms with Gasteiger partial charge in [0.15, 0.2) is 0 Å². The number of allylic oxidation sites excluding steroid dienone is 1. The van der Waals surface area contributed by atoms with Gasteiger partial charge in [0.25, 0.3) is 0 Å². The van der Waals surface area contributed by atoms with Crippen LogP contribution in [0, 0.1) is 0 Å². The second kappa shape index (κ2) is 5.13. The molecule has 1 aromatic carbocycles. The molecule has 2 heterocycles. The first-order valence-corrected chi connectivity index (χ1v) is 6.77. The second-order valence-corrected chi connectivity index (χ2v) is 5.21. The lowest BCUT2D eigenvalue weighted by atomic mass is 10.1. The van der Waals surface area contributed by atoms with Gasteiger partial charge in [-0.05, 0) is 36.6 Å². The minimum atomic E-state index is 0.0176. The van der Waals surface area contributed by atoms with Crippen LogP contribution in [0.2, 0.25) is 5.02 Å². The Morgan fingerprint density at radius 3 is 3.16 bits per heavy atom. The average Bonchev–Trinajstić information content (AvgIpc) is 2.76. The largest absolute Gasteiger partial charge is 0.497 e. The number of rotatable bonds is 3. The predicted octanol–water partition coefficient (Wildman–Crippen LogP) is 2.94. The van der Waals surface area contributed by atoms with Gasteiger partial charge >= 0.3 is 0 Å². The number of carbonyl (C=O) groups excluding carboxylic acids is 1. The van der Waals surface area contributed by atoms with Crippen molar-refractivity contribution in [2.45, 2.75) is 25.4 Å². The third-order valence-electron chi connectivity index (χ3n) is 3.36. The summed E-state index contributed by atoms with van der Waals surface area (Å²) in [4.78, 5) is 11.3. The molecular formula is C14H15ClN2O2. The monoisotopic (exact) mass is 278 g/mol. The van der Waals surface area contributed by atoms with Crippen LogP contribution in [0.4, 0.5) is 11.4 Å². The van der Waals surface area contributed by atoms with Crippen molar-refractivity contribution in [2.75, 3.05) is 17.2 Å². The third kappa shape index (κ3) is 2.68. The molecule has 0 fully saturated rings. The van der Waals surface area contributed by atoms with E-state index in [1.807, 2.05) is 12.1 Å². The fourth-order valence-corrected chi connectivity index (χ4v) is 2.57. The highest BCUT2D eigenvalue weighted by Crippen LogP contribution is 2.32. The molecule has 0 saturated carbocycles. The van der Waals surface area contributed by atoms with Gasteiger partial charge in [0.05, 0.1) is 29.9 Å². The lowest BCUT2D eigenvalue weighted by Gasteiger charge is -2.20. The number of hydrogen-bond donors (Lipinski definition) is 2. The zero-order valence-corrected chi connectivity index (χ0v) is 11.2. The normalized spacial score (nSPS) is 20.7. The van der Waals surface area contributed by atoms with Gasteiger partial charge in [0, 0.05) is 5.69 Å². The summed E-state index contributed by atoms with van der Waals surface area (Å²) in [7, 11) is 0. The molecule has 0 spiro atoms. The molecule has 4 nitrogen and oxygen atoms in total. The van der Waals surface area contributed by atoms with Crippen LogP contribution in [0.15, 0.2) is 24.5 Å². The van der Waals surface area contributed by atoms with Crippen molar-refractivity contribution in [3.8, 4) is 0 Å². The summed E-state index contributed by atoms with van der Waals surface area (Å²) in [6, 6.07) is 3.74. The van der Waals surface area contributed by atoms with E-state index in [2.05, 4.69) is 10.6 Å². The van der Waals surface area contributed by atoms with Gasteiger partial charge in [-0.15, -0.1) is 0 Å². The van der Waals surface area contributed by atoms with Crippen LogP contribution in [0.5, 0.6) is 0 Å². The van der Waals surface area contributed by atoms with E-state index in [0.29, 0.717) is 18.0 Å². The molecule has 0 bridgehead atoms. The molecule has 1 aromatic rings. The fourth-order valence-electron chi connectivity index (χ4n) is 2.34. The maximum absolute atomic E-state index is 11.3. The maximum Gasteiger partial charge on any atom is 0.228 e. The van der Waals surface area contributed by atoms with E-state index in [0.717, 1.165) is 29.8 Å².